The van der Waals surface area contributed by atoms with Crippen molar-refractivity contribution >= 4 is 71.3 Å². The summed E-state index contributed by atoms with van der Waals surface area (Å²) in [5.74, 6) is 0. The van der Waals surface area contributed by atoms with Crippen LogP contribution in [0.5, 0.6) is 0 Å². The molecule has 10 rings (SSSR count). The van der Waals surface area contributed by atoms with E-state index in [2.05, 4.69) is 0 Å². The van der Waals surface area contributed by atoms with E-state index < -0.39 is 78.6 Å². The third kappa shape index (κ3) is 4.65. The highest BCUT2D eigenvalue weighted by molar-refractivity contribution is 6.19. The minimum Gasteiger partial charge on any atom is -0.455 e. The van der Waals surface area contributed by atoms with Crippen LogP contribution in [0, 0.1) is 0 Å². The van der Waals surface area contributed by atoms with E-state index in [1.165, 1.54) is 4.90 Å². The maximum absolute atomic E-state index is 9.61. The Morgan fingerprint density at radius 2 is 1.20 bits per heavy atom. The topological polar surface area (TPSA) is 16.4 Å². The molecular formula is C48H31NO. The van der Waals surface area contributed by atoms with Crippen molar-refractivity contribution in [2.45, 2.75) is 0 Å². The van der Waals surface area contributed by atoms with Crippen LogP contribution in [0.3, 0.4) is 0 Å². The summed E-state index contributed by atoms with van der Waals surface area (Å²) in [6.07, 6.45) is 0. The molecule has 2 nitrogen and oxygen atoms in total. The standard InChI is InChI=1S/C48H31NO/c1-2-12-37-31-38(20-19-32(37)9-1)33-21-26-39(27-22-33)49(40-28-23-36(24-29-40)42-16-7-13-34-10-3-5-14-41(34)42)45-17-8-18-46-47(45)44-30-25-35-11-4-6-15-43(35)48(44)50-46/h1-31H/i4D,6D,8D,11D,15D,17D,18D,21D,22D,25D,26D,27D,30D. The lowest BCUT2D eigenvalue weighted by Crippen LogP contribution is -2.10. The van der Waals surface area contributed by atoms with Crippen LogP contribution in [0.15, 0.2) is 192 Å². The lowest BCUT2D eigenvalue weighted by Gasteiger charge is -2.26. The van der Waals surface area contributed by atoms with E-state index in [4.69, 9.17) is 14.0 Å². The van der Waals surface area contributed by atoms with Crippen LogP contribution in [0.1, 0.15) is 17.8 Å². The van der Waals surface area contributed by atoms with Gasteiger partial charge >= 0.3 is 0 Å². The zero-order valence-electron chi connectivity index (χ0n) is 39.2. The average Bonchev–Trinajstić information content (AvgIpc) is 3.69. The number of nitrogens with zero attached hydrogens (tertiary/aromatic N) is 1. The van der Waals surface area contributed by atoms with Crippen LogP contribution in [0.25, 0.3) is 76.5 Å². The minimum atomic E-state index is -0.638. The number of furan rings is 1. The Labute approximate surface area is 308 Å². The number of fused-ring (bicyclic) bond motifs is 7. The fraction of sp³-hybridized carbons (Fsp3) is 0. The number of benzene rings is 9. The van der Waals surface area contributed by atoms with Crippen molar-refractivity contribution in [3.8, 4) is 22.3 Å². The Bertz CT molecular complexity index is 3590. The summed E-state index contributed by atoms with van der Waals surface area (Å²) < 4.78 is 124. The van der Waals surface area contributed by atoms with Crippen molar-refractivity contribution in [2.24, 2.45) is 0 Å². The Kier molecular flexibility index (Phi) is 4.19. The molecule has 0 saturated heterocycles. The second kappa shape index (κ2) is 11.5. The minimum absolute atomic E-state index is 0.0337. The van der Waals surface area contributed by atoms with E-state index in [0.29, 0.717) is 5.56 Å². The number of anilines is 3. The average molecular weight is 651 g/mol. The van der Waals surface area contributed by atoms with Gasteiger partial charge in [-0.15, -0.1) is 0 Å². The van der Waals surface area contributed by atoms with E-state index in [9.17, 15) is 8.22 Å². The van der Waals surface area contributed by atoms with Crippen LogP contribution < -0.4 is 4.90 Å². The molecule has 0 atom stereocenters. The summed E-state index contributed by atoms with van der Waals surface area (Å²) in [5.41, 5.74) is 1.22. The first-order valence-corrected chi connectivity index (χ1v) is 16.0. The molecule has 0 bridgehead atoms. The molecule has 50 heavy (non-hydrogen) atoms. The monoisotopic (exact) mass is 650 g/mol. The van der Waals surface area contributed by atoms with Gasteiger partial charge < -0.3 is 9.32 Å². The molecule has 0 amide bonds. The van der Waals surface area contributed by atoms with E-state index in [1.807, 2.05) is 72.8 Å². The van der Waals surface area contributed by atoms with Crippen molar-refractivity contribution in [3.05, 3.63) is 188 Å². The normalized spacial score (nSPS) is 15.2. The van der Waals surface area contributed by atoms with Crippen LogP contribution >= 0.6 is 0 Å². The van der Waals surface area contributed by atoms with Gasteiger partial charge in [-0.1, -0.05) is 139 Å². The summed E-state index contributed by atoms with van der Waals surface area (Å²) in [5, 5.41) is 2.88. The summed E-state index contributed by atoms with van der Waals surface area (Å²) in [6.45, 7) is 0. The van der Waals surface area contributed by atoms with Gasteiger partial charge in [0.1, 0.15) is 11.2 Å². The molecule has 0 fully saturated rings. The van der Waals surface area contributed by atoms with E-state index in [0.717, 1.165) is 32.7 Å². The maximum atomic E-state index is 9.61. The second-order valence-electron chi connectivity index (χ2n) is 11.9. The number of hydrogen-bond acceptors (Lipinski definition) is 2. The van der Waals surface area contributed by atoms with Gasteiger partial charge in [0.2, 0.25) is 0 Å². The molecule has 234 valence electrons. The Balaban J connectivity index is 1.32. The molecule has 0 aliphatic rings. The highest BCUT2D eigenvalue weighted by atomic mass is 16.3. The first-order chi connectivity index (χ1) is 30.2. The molecule has 0 N–H and O–H groups in total. The van der Waals surface area contributed by atoms with Crippen molar-refractivity contribution in [1.29, 1.82) is 0 Å². The van der Waals surface area contributed by atoms with Gasteiger partial charge in [-0.3, -0.25) is 0 Å². The summed E-state index contributed by atoms with van der Waals surface area (Å²) in [4.78, 5) is 1.29. The van der Waals surface area contributed by atoms with Gasteiger partial charge in [-0.25, -0.2) is 0 Å². The van der Waals surface area contributed by atoms with Gasteiger partial charge in [0.05, 0.1) is 28.9 Å². The number of hydrogen-bond donors (Lipinski definition) is 0. The van der Waals surface area contributed by atoms with E-state index in [1.54, 1.807) is 36.4 Å². The molecule has 0 aliphatic heterocycles. The first kappa shape index (κ1) is 18.2. The summed E-state index contributed by atoms with van der Waals surface area (Å²) in [7, 11) is 0. The second-order valence-corrected chi connectivity index (χ2v) is 11.9. The molecule has 10 aromatic rings. The maximum Gasteiger partial charge on any atom is 0.143 e. The Morgan fingerprint density at radius 1 is 0.440 bits per heavy atom. The molecule has 0 saturated carbocycles. The zero-order chi connectivity index (χ0) is 44.3. The third-order valence-electron chi connectivity index (χ3n) is 9.05. The highest BCUT2D eigenvalue weighted by Gasteiger charge is 2.20. The van der Waals surface area contributed by atoms with Crippen molar-refractivity contribution in [3.63, 3.8) is 0 Å². The fourth-order valence-corrected chi connectivity index (χ4v) is 6.66. The van der Waals surface area contributed by atoms with E-state index in [-0.39, 0.29) is 55.3 Å². The third-order valence-corrected chi connectivity index (χ3v) is 9.05. The molecule has 0 aliphatic carbocycles. The van der Waals surface area contributed by atoms with Crippen molar-refractivity contribution in [1.82, 2.24) is 0 Å². The largest absolute Gasteiger partial charge is 0.455 e. The van der Waals surface area contributed by atoms with Crippen molar-refractivity contribution in [2.75, 3.05) is 4.90 Å². The molecule has 0 spiro atoms. The predicted octanol–water partition coefficient (Wildman–Crippen LogP) is 13.8. The van der Waals surface area contributed by atoms with Gasteiger partial charge in [-0.2, -0.15) is 0 Å². The lowest BCUT2D eigenvalue weighted by atomic mass is 9.98. The van der Waals surface area contributed by atoms with Gasteiger partial charge in [0, 0.05) is 22.1 Å². The van der Waals surface area contributed by atoms with Crippen LogP contribution in [-0.4, -0.2) is 0 Å². The molecule has 1 heterocycles. The molecule has 2 heteroatoms. The van der Waals surface area contributed by atoms with E-state index >= 15 is 0 Å². The Hall–Kier alpha value is -6.64. The van der Waals surface area contributed by atoms with Crippen LogP contribution in [-0.2, 0) is 0 Å². The molecule has 9 aromatic carbocycles. The van der Waals surface area contributed by atoms with Gasteiger partial charge in [0.15, 0.2) is 0 Å². The van der Waals surface area contributed by atoms with Crippen molar-refractivity contribution < 1.29 is 22.2 Å². The van der Waals surface area contributed by atoms with Crippen LogP contribution in [0.4, 0.5) is 17.1 Å². The lowest BCUT2D eigenvalue weighted by molar-refractivity contribution is 0.672. The summed E-state index contributed by atoms with van der Waals surface area (Å²) in [6, 6.07) is 26.6. The van der Waals surface area contributed by atoms with Gasteiger partial charge in [0.25, 0.3) is 0 Å². The fourth-order valence-electron chi connectivity index (χ4n) is 6.66. The van der Waals surface area contributed by atoms with Gasteiger partial charge in [-0.05, 0) is 97.6 Å². The smallest absolute Gasteiger partial charge is 0.143 e. The molecular weight excluding hydrogens is 607 g/mol. The molecule has 1 aromatic heterocycles. The number of rotatable bonds is 5. The zero-order valence-corrected chi connectivity index (χ0v) is 26.2. The van der Waals surface area contributed by atoms with Crippen LogP contribution in [0.2, 0.25) is 0 Å². The summed E-state index contributed by atoms with van der Waals surface area (Å²) >= 11 is 0. The molecule has 0 radical (unpaired) electrons. The Morgan fingerprint density at radius 3 is 2.08 bits per heavy atom. The molecule has 0 unspecified atom stereocenters. The predicted molar refractivity (Wildman–Crippen MR) is 212 cm³/mol. The first-order valence-electron chi connectivity index (χ1n) is 22.5. The highest BCUT2D eigenvalue weighted by Crippen LogP contribution is 2.45. The quantitative estimate of drug-likeness (QED) is 0.184. The SMILES string of the molecule is [2H]c1c([2H])c(N(c2ccc(-c3cccc4ccccc34)cc2)c2c([2H])c([2H])c([2H])c3oc4c5c([2H])c([2H])c([2H])c([2H])c5c([2H])c([2H])c4c23)c([2H])c([2H])c1-c1ccc2ccccc2c1.